The zero-order valence-electron chi connectivity index (χ0n) is 11.0. The van der Waals surface area contributed by atoms with Gasteiger partial charge in [0.1, 0.15) is 0 Å². The van der Waals surface area contributed by atoms with E-state index in [1.165, 1.54) is 42.5 Å². The molecule has 1 aromatic rings. The largest absolute Gasteiger partial charge is 0.299 e. The second kappa shape index (κ2) is 4.58. The number of benzene rings is 1. The fraction of sp³-hybridized carbons (Fsp3) is 0.600. The summed E-state index contributed by atoms with van der Waals surface area (Å²) in [5.41, 5.74) is 5.85. The van der Waals surface area contributed by atoms with Gasteiger partial charge in [-0.2, -0.15) is 0 Å². The molecule has 0 spiro atoms. The Labute approximate surface area is 99.5 Å². The highest BCUT2D eigenvalue weighted by atomic mass is 15.1. The summed E-state index contributed by atoms with van der Waals surface area (Å²) in [6.45, 7) is 7.93. The van der Waals surface area contributed by atoms with E-state index in [9.17, 15) is 0 Å². The first-order chi connectivity index (χ1) is 7.59. The lowest BCUT2D eigenvalue weighted by molar-refractivity contribution is 0.187. The van der Waals surface area contributed by atoms with Crippen molar-refractivity contribution in [1.82, 2.24) is 4.90 Å². The van der Waals surface area contributed by atoms with Gasteiger partial charge in [0, 0.05) is 6.04 Å². The van der Waals surface area contributed by atoms with Crippen LogP contribution in [0, 0.1) is 20.8 Å². The third-order valence-corrected chi connectivity index (χ3v) is 4.01. The van der Waals surface area contributed by atoms with E-state index in [1.807, 2.05) is 0 Å². The maximum atomic E-state index is 2.51. The summed E-state index contributed by atoms with van der Waals surface area (Å²) in [4.78, 5) is 2.51. The van der Waals surface area contributed by atoms with Crippen molar-refractivity contribution >= 4 is 0 Å². The Morgan fingerprint density at radius 3 is 2.38 bits per heavy atom. The van der Waals surface area contributed by atoms with Gasteiger partial charge in [0.2, 0.25) is 0 Å². The van der Waals surface area contributed by atoms with E-state index in [0.717, 1.165) is 0 Å². The fourth-order valence-corrected chi connectivity index (χ4v) is 2.81. The third-order valence-electron chi connectivity index (χ3n) is 4.01. The molecule has 1 heterocycles. The van der Waals surface area contributed by atoms with E-state index in [0.29, 0.717) is 6.04 Å². The summed E-state index contributed by atoms with van der Waals surface area (Å²) in [7, 11) is 2.26. The molecule has 1 nitrogen and oxygen atoms in total. The van der Waals surface area contributed by atoms with Gasteiger partial charge in [0.25, 0.3) is 0 Å². The predicted octanol–water partition coefficient (Wildman–Crippen LogP) is 3.77. The number of piperidine rings is 1. The van der Waals surface area contributed by atoms with Crippen LogP contribution in [0.2, 0.25) is 0 Å². The summed E-state index contributed by atoms with van der Waals surface area (Å²) in [5, 5.41) is 0. The lowest BCUT2D eigenvalue weighted by atomic mass is 9.90. The molecule has 1 saturated heterocycles. The van der Waals surface area contributed by atoms with Gasteiger partial charge in [-0.25, -0.2) is 0 Å². The number of hydrogen-bond donors (Lipinski definition) is 0. The quantitative estimate of drug-likeness (QED) is 0.692. The normalized spacial score (nSPS) is 22.4. The average Bonchev–Trinajstić information content (AvgIpc) is 2.25. The van der Waals surface area contributed by atoms with Gasteiger partial charge in [-0.1, -0.05) is 18.6 Å². The van der Waals surface area contributed by atoms with Gasteiger partial charge in [-0.15, -0.1) is 0 Å². The summed E-state index contributed by atoms with van der Waals surface area (Å²) in [6, 6.07) is 5.39. The van der Waals surface area contributed by atoms with Gasteiger partial charge in [-0.3, -0.25) is 4.90 Å². The first-order valence-electron chi connectivity index (χ1n) is 6.37. The Morgan fingerprint density at radius 1 is 1.00 bits per heavy atom. The van der Waals surface area contributed by atoms with E-state index < -0.39 is 0 Å². The Morgan fingerprint density at radius 2 is 1.69 bits per heavy atom. The minimum Gasteiger partial charge on any atom is -0.299 e. The van der Waals surface area contributed by atoms with E-state index in [4.69, 9.17) is 0 Å². The van der Waals surface area contributed by atoms with Crippen molar-refractivity contribution in [3.63, 3.8) is 0 Å². The minimum atomic E-state index is 0.646. The molecule has 0 N–H and O–H groups in total. The second-order valence-electron chi connectivity index (χ2n) is 5.29. The molecule has 1 heteroatoms. The molecule has 1 aliphatic heterocycles. The van der Waals surface area contributed by atoms with Crippen molar-refractivity contribution in [3.8, 4) is 0 Å². The molecule has 1 fully saturated rings. The fourth-order valence-electron chi connectivity index (χ4n) is 2.81. The highest BCUT2D eigenvalue weighted by molar-refractivity contribution is 5.38. The molecule has 0 unspecified atom stereocenters. The van der Waals surface area contributed by atoms with Crippen LogP contribution in [0.15, 0.2) is 12.1 Å². The number of likely N-dealkylation sites (tertiary alicyclic amines) is 1. The highest BCUT2D eigenvalue weighted by Crippen LogP contribution is 2.32. The smallest absolute Gasteiger partial charge is 0.0347 e. The van der Waals surface area contributed by atoms with Crippen molar-refractivity contribution in [2.45, 2.75) is 46.1 Å². The summed E-state index contributed by atoms with van der Waals surface area (Å²) < 4.78 is 0. The maximum absolute atomic E-state index is 2.51. The van der Waals surface area contributed by atoms with Crippen LogP contribution in [0.4, 0.5) is 0 Å². The van der Waals surface area contributed by atoms with E-state index >= 15 is 0 Å². The molecule has 0 aromatic heterocycles. The van der Waals surface area contributed by atoms with Gasteiger partial charge >= 0.3 is 0 Å². The molecular weight excluding hydrogens is 194 g/mol. The average molecular weight is 217 g/mol. The number of hydrogen-bond acceptors (Lipinski definition) is 1. The SMILES string of the molecule is Cc1cc(C)c([C@H]2CCCCN2C)cc1C. The molecule has 1 aromatic carbocycles. The van der Waals surface area contributed by atoms with Crippen molar-refractivity contribution in [3.05, 3.63) is 34.4 Å². The topological polar surface area (TPSA) is 3.24 Å². The van der Waals surface area contributed by atoms with E-state index in [2.05, 4.69) is 44.9 Å². The summed E-state index contributed by atoms with van der Waals surface area (Å²) in [6.07, 6.45) is 4.05. The van der Waals surface area contributed by atoms with Crippen molar-refractivity contribution in [2.75, 3.05) is 13.6 Å². The van der Waals surface area contributed by atoms with Crippen LogP contribution in [0.1, 0.15) is 47.6 Å². The van der Waals surface area contributed by atoms with Crippen molar-refractivity contribution in [1.29, 1.82) is 0 Å². The lowest BCUT2D eigenvalue weighted by Gasteiger charge is -2.34. The molecule has 1 atom stereocenters. The molecule has 88 valence electrons. The molecule has 16 heavy (non-hydrogen) atoms. The third kappa shape index (κ3) is 2.15. The Bertz CT molecular complexity index is 381. The molecule has 0 amide bonds. The number of rotatable bonds is 1. The van der Waals surface area contributed by atoms with Crippen LogP contribution in [-0.4, -0.2) is 18.5 Å². The minimum absolute atomic E-state index is 0.646. The maximum Gasteiger partial charge on any atom is 0.0347 e. The molecule has 0 aliphatic carbocycles. The van der Waals surface area contributed by atoms with Crippen LogP contribution < -0.4 is 0 Å². The van der Waals surface area contributed by atoms with Crippen LogP contribution in [0.25, 0.3) is 0 Å². The Balaban J connectivity index is 2.35. The second-order valence-corrected chi connectivity index (χ2v) is 5.29. The standard InChI is InChI=1S/C15H23N/c1-11-9-13(3)14(10-12(11)2)15-7-5-6-8-16(15)4/h9-10,15H,5-8H2,1-4H3/t15-/m1/s1. The summed E-state index contributed by atoms with van der Waals surface area (Å²) in [5.74, 6) is 0. The Hall–Kier alpha value is -0.820. The van der Waals surface area contributed by atoms with Crippen molar-refractivity contribution < 1.29 is 0 Å². The van der Waals surface area contributed by atoms with Gasteiger partial charge < -0.3 is 0 Å². The van der Waals surface area contributed by atoms with Gasteiger partial charge in [0.05, 0.1) is 0 Å². The molecule has 0 saturated carbocycles. The number of nitrogens with zero attached hydrogens (tertiary/aromatic N) is 1. The molecule has 1 aliphatic rings. The first kappa shape index (κ1) is 11.7. The predicted molar refractivity (Wildman–Crippen MR) is 69.9 cm³/mol. The van der Waals surface area contributed by atoms with Gasteiger partial charge in [0.15, 0.2) is 0 Å². The van der Waals surface area contributed by atoms with Crippen LogP contribution in [-0.2, 0) is 0 Å². The van der Waals surface area contributed by atoms with E-state index in [1.54, 1.807) is 5.56 Å². The molecular formula is C15H23N. The van der Waals surface area contributed by atoms with Crippen LogP contribution >= 0.6 is 0 Å². The van der Waals surface area contributed by atoms with Crippen LogP contribution in [0.5, 0.6) is 0 Å². The zero-order valence-corrected chi connectivity index (χ0v) is 11.0. The first-order valence-corrected chi connectivity index (χ1v) is 6.37. The lowest BCUT2D eigenvalue weighted by Crippen LogP contribution is -2.30. The summed E-state index contributed by atoms with van der Waals surface area (Å²) >= 11 is 0. The molecule has 0 bridgehead atoms. The molecule has 0 radical (unpaired) electrons. The molecule has 2 rings (SSSR count). The number of aryl methyl sites for hydroxylation is 3. The zero-order chi connectivity index (χ0) is 11.7. The highest BCUT2D eigenvalue weighted by Gasteiger charge is 2.22. The van der Waals surface area contributed by atoms with Gasteiger partial charge in [-0.05, 0) is 69.5 Å². The Kier molecular flexibility index (Phi) is 3.34. The monoisotopic (exact) mass is 217 g/mol. The van der Waals surface area contributed by atoms with Crippen molar-refractivity contribution in [2.24, 2.45) is 0 Å². The van der Waals surface area contributed by atoms with Crippen LogP contribution in [0.3, 0.4) is 0 Å². The van der Waals surface area contributed by atoms with E-state index in [-0.39, 0.29) is 0 Å².